The number of likely N-dealkylation sites (N-methyl/N-ethyl adjacent to an activating group) is 1. The van der Waals surface area contributed by atoms with Crippen LogP contribution < -0.4 is 5.32 Å². The van der Waals surface area contributed by atoms with Gasteiger partial charge in [0, 0.05) is 38.2 Å². The number of carbonyl (C=O) groups excluding carboxylic acids is 1. The highest BCUT2D eigenvalue weighted by Gasteiger charge is 2.21. The van der Waals surface area contributed by atoms with Crippen LogP contribution >= 0.6 is 23.2 Å². The Morgan fingerprint density at radius 1 is 1.33 bits per heavy atom. The molecule has 1 saturated heterocycles. The molecule has 0 radical (unpaired) electrons. The van der Waals surface area contributed by atoms with E-state index < -0.39 is 0 Å². The van der Waals surface area contributed by atoms with E-state index in [-0.39, 0.29) is 5.91 Å². The van der Waals surface area contributed by atoms with Gasteiger partial charge in [0.1, 0.15) is 0 Å². The summed E-state index contributed by atoms with van der Waals surface area (Å²) in [4.78, 5) is 15.5. The van der Waals surface area contributed by atoms with E-state index in [1.807, 2.05) is 12.1 Å². The molecule has 116 valence electrons. The molecule has 1 aliphatic heterocycles. The largest absolute Gasteiger partial charge is 0.381 e. The van der Waals surface area contributed by atoms with Gasteiger partial charge in [-0.1, -0.05) is 23.2 Å². The Hall–Kier alpha value is -0.970. The first-order valence-corrected chi connectivity index (χ1v) is 7.85. The van der Waals surface area contributed by atoms with E-state index >= 15 is 0 Å². The number of halogens is 2. The zero-order valence-electron chi connectivity index (χ0n) is 12.4. The lowest BCUT2D eigenvalue weighted by Crippen LogP contribution is -2.43. The van der Waals surface area contributed by atoms with Crippen molar-refractivity contribution in [1.29, 1.82) is 0 Å². The second-order valence-electron chi connectivity index (χ2n) is 5.61. The summed E-state index contributed by atoms with van der Waals surface area (Å²) >= 11 is 12.1. The van der Waals surface area contributed by atoms with Crippen LogP contribution in [-0.4, -0.2) is 55.5 Å². The first kappa shape index (κ1) is 16.4. The molecule has 0 aliphatic carbocycles. The van der Waals surface area contributed by atoms with Gasteiger partial charge in [-0.25, -0.2) is 0 Å². The molecule has 0 unspecified atom stereocenters. The van der Waals surface area contributed by atoms with Crippen LogP contribution in [0.15, 0.2) is 18.2 Å². The van der Waals surface area contributed by atoms with Crippen molar-refractivity contribution < 1.29 is 4.79 Å². The molecule has 1 aromatic carbocycles. The molecule has 0 saturated carbocycles. The number of nitrogens with one attached hydrogen (secondary N) is 1. The van der Waals surface area contributed by atoms with E-state index in [4.69, 9.17) is 23.2 Å². The maximum Gasteiger partial charge on any atom is 0.236 e. The third-order valence-electron chi connectivity index (χ3n) is 3.74. The fourth-order valence-electron chi connectivity index (χ4n) is 2.39. The fourth-order valence-corrected chi connectivity index (χ4v) is 2.86. The zero-order chi connectivity index (χ0) is 15.4. The van der Waals surface area contributed by atoms with Gasteiger partial charge < -0.3 is 10.2 Å². The standard InChI is InChI=1S/C15H21Cl2N3O/c1-19(2)15(21)10-20-7-5-12(6-8-20)18-14-4-3-11(16)9-13(14)17/h3-4,9,12,18H,5-8,10H2,1-2H3. The number of hydrogen-bond acceptors (Lipinski definition) is 3. The first-order chi connectivity index (χ1) is 9.95. The fraction of sp³-hybridized carbons (Fsp3) is 0.533. The van der Waals surface area contributed by atoms with E-state index in [1.54, 1.807) is 25.1 Å². The molecular formula is C15H21Cl2N3O. The lowest BCUT2D eigenvalue weighted by Gasteiger charge is -2.33. The molecule has 6 heteroatoms. The van der Waals surface area contributed by atoms with Crippen molar-refractivity contribution in [3.05, 3.63) is 28.2 Å². The summed E-state index contributed by atoms with van der Waals surface area (Å²) in [5, 5.41) is 4.75. The van der Waals surface area contributed by atoms with Crippen molar-refractivity contribution in [3.63, 3.8) is 0 Å². The molecule has 1 N–H and O–H groups in total. The van der Waals surface area contributed by atoms with Crippen molar-refractivity contribution >= 4 is 34.8 Å². The lowest BCUT2D eigenvalue weighted by molar-refractivity contribution is -0.130. The van der Waals surface area contributed by atoms with Crippen molar-refractivity contribution in [3.8, 4) is 0 Å². The van der Waals surface area contributed by atoms with Gasteiger partial charge in [-0.05, 0) is 31.0 Å². The number of piperidine rings is 1. The first-order valence-electron chi connectivity index (χ1n) is 7.10. The Labute approximate surface area is 136 Å². The molecule has 4 nitrogen and oxygen atoms in total. The lowest BCUT2D eigenvalue weighted by atomic mass is 10.0. The number of rotatable bonds is 4. The second-order valence-corrected chi connectivity index (χ2v) is 6.45. The van der Waals surface area contributed by atoms with Crippen molar-refractivity contribution in [2.75, 3.05) is 39.0 Å². The van der Waals surface area contributed by atoms with E-state index in [0.29, 0.717) is 22.6 Å². The quantitative estimate of drug-likeness (QED) is 0.922. The van der Waals surface area contributed by atoms with Crippen molar-refractivity contribution in [2.24, 2.45) is 0 Å². The van der Waals surface area contributed by atoms with Crippen LogP contribution in [-0.2, 0) is 4.79 Å². The average Bonchev–Trinajstić information content (AvgIpc) is 2.43. The van der Waals surface area contributed by atoms with Gasteiger partial charge in [-0.15, -0.1) is 0 Å². The highest BCUT2D eigenvalue weighted by Crippen LogP contribution is 2.27. The summed E-state index contributed by atoms with van der Waals surface area (Å²) in [6.07, 6.45) is 2.00. The molecule has 1 fully saturated rings. The monoisotopic (exact) mass is 329 g/mol. The number of anilines is 1. The molecular weight excluding hydrogens is 309 g/mol. The minimum atomic E-state index is 0.155. The Balaban J connectivity index is 1.83. The molecule has 0 aromatic heterocycles. The SMILES string of the molecule is CN(C)C(=O)CN1CCC(Nc2ccc(Cl)cc2Cl)CC1. The average molecular weight is 330 g/mol. The number of carbonyl (C=O) groups is 1. The number of benzene rings is 1. The Morgan fingerprint density at radius 2 is 2.00 bits per heavy atom. The Bertz CT molecular complexity index is 500. The maximum atomic E-state index is 11.7. The highest BCUT2D eigenvalue weighted by atomic mass is 35.5. The molecule has 1 heterocycles. The third kappa shape index (κ3) is 4.77. The number of hydrogen-bond donors (Lipinski definition) is 1. The van der Waals surface area contributed by atoms with E-state index in [1.165, 1.54) is 0 Å². The van der Waals surface area contributed by atoms with E-state index in [9.17, 15) is 4.79 Å². The molecule has 1 aliphatic rings. The van der Waals surface area contributed by atoms with E-state index in [0.717, 1.165) is 31.6 Å². The van der Waals surface area contributed by atoms with Crippen LogP contribution in [0.1, 0.15) is 12.8 Å². The summed E-state index contributed by atoms with van der Waals surface area (Å²) in [6.45, 7) is 2.34. The number of amides is 1. The van der Waals surface area contributed by atoms with Gasteiger partial charge in [0.05, 0.1) is 17.3 Å². The second kappa shape index (κ2) is 7.34. The minimum absolute atomic E-state index is 0.155. The minimum Gasteiger partial charge on any atom is -0.381 e. The predicted octanol–water partition coefficient (Wildman–Crippen LogP) is 2.96. The van der Waals surface area contributed by atoms with Crippen LogP contribution in [0.3, 0.4) is 0 Å². The maximum absolute atomic E-state index is 11.7. The van der Waals surface area contributed by atoms with Crippen molar-refractivity contribution in [2.45, 2.75) is 18.9 Å². The molecule has 2 rings (SSSR count). The third-order valence-corrected chi connectivity index (χ3v) is 4.28. The van der Waals surface area contributed by atoms with Gasteiger partial charge in [-0.2, -0.15) is 0 Å². The highest BCUT2D eigenvalue weighted by molar-refractivity contribution is 6.36. The van der Waals surface area contributed by atoms with Gasteiger partial charge in [0.15, 0.2) is 0 Å². The van der Waals surface area contributed by atoms with Crippen LogP contribution in [0.2, 0.25) is 10.0 Å². The van der Waals surface area contributed by atoms with Crippen LogP contribution in [0.4, 0.5) is 5.69 Å². The zero-order valence-corrected chi connectivity index (χ0v) is 13.9. The normalized spacial score (nSPS) is 16.8. The van der Waals surface area contributed by atoms with Gasteiger partial charge in [0.2, 0.25) is 5.91 Å². The molecule has 0 bridgehead atoms. The molecule has 1 amide bonds. The van der Waals surface area contributed by atoms with Crippen molar-refractivity contribution in [1.82, 2.24) is 9.80 Å². The smallest absolute Gasteiger partial charge is 0.236 e. The Kier molecular flexibility index (Phi) is 5.73. The Morgan fingerprint density at radius 3 is 2.57 bits per heavy atom. The molecule has 0 atom stereocenters. The topological polar surface area (TPSA) is 35.6 Å². The number of likely N-dealkylation sites (tertiary alicyclic amines) is 1. The van der Waals surface area contributed by atoms with Gasteiger partial charge in [-0.3, -0.25) is 9.69 Å². The summed E-state index contributed by atoms with van der Waals surface area (Å²) in [7, 11) is 3.58. The van der Waals surface area contributed by atoms with Crippen LogP contribution in [0, 0.1) is 0 Å². The van der Waals surface area contributed by atoms with E-state index in [2.05, 4.69) is 10.2 Å². The van der Waals surface area contributed by atoms with Crippen LogP contribution in [0.5, 0.6) is 0 Å². The molecule has 0 spiro atoms. The molecule has 1 aromatic rings. The molecule has 21 heavy (non-hydrogen) atoms. The van der Waals surface area contributed by atoms with Gasteiger partial charge in [0.25, 0.3) is 0 Å². The summed E-state index contributed by atoms with van der Waals surface area (Å²) < 4.78 is 0. The summed E-state index contributed by atoms with van der Waals surface area (Å²) in [6, 6.07) is 5.87. The predicted molar refractivity (Wildman–Crippen MR) is 88.2 cm³/mol. The number of nitrogens with zero attached hydrogens (tertiary/aromatic N) is 2. The van der Waals surface area contributed by atoms with Gasteiger partial charge >= 0.3 is 0 Å². The van der Waals surface area contributed by atoms with Crippen LogP contribution in [0.25, 0.3) is 0 Å². The summed E-state index contributed by atoms with van der Waals surface area (Å²) in [5.41, 5.74) is 0.920. The summed E-state index contributed by atoms with van der Waals surface area (Å²) in [5.74, 6) is 0.155.